The molecule has 1 aromatic carbocycles. The molecule has 0 bridgehead atoms. The average Bonchev–Trinajstić information content (AvgIpc) is 2.73. The lowest BCUT2D eigenvalue weighted by Gasteiger charge is -2.10. The van der Waals surface area contributed by atoms with E-state index in [-0.39, 0.29) is 22.7 Å². The fourth-order valence-electron chi connectivity index (χ4n) is 2.27. The molecular weight excluding hydrogens is 300 g/mol. The third-order valence-electron chi connectivity index (χ3n) is 3.13. The van der Waals surface area contributed by atoms with Gasteiger partial charge in [-0.2, -0.15) is 4.98 Å². The lowest BCUT2D eigenvalue weighted by atomic mass is 9.97. The number of rotatable bonds is 4. The third-order valence-corrected chi connectivity index (χ3v) is 4.60. The number of aryl methyl sites for hydroxylation is 2. The average molecular weight is 322 g/mol. The maximum absolute atomic E-state index is 12.3. The van der Waals surface area contributed by atoms with Crippen LogP contribution >= 0.6 is 0 Å². The van der Waals surface area contributed by atoms with E-state index in [1.54, 1.807) is 0 Å². The van der Waals surface area contributed by atoms with Gasteiger partial charge in [0.05, 0.1) is 5.75 Å². The van der Waals surface area contributed by atoms with Crippen molar-refractivity contribution in [2.45, 2.75) is 51.5 Å². The highest BCUT2D eigenvalue weighted by molar-refractivity contribution is 7.89. The predicted octanol–water partition coefficient (Wildman–Crippen LogP) is 3.10. The van der Waals surface area contributed by atoms with Crippen LogP contribution in [-0.4, -0.2) is 18.6 Å². The van der Waals surface area contributed by atoms with E-state index >= 15 is 0 Å². The third kappa shape index (κ3) is 4.40. The van der Waals surface area contributed by atoms with Crippen molar-refractivity contribution in [3.8, 4) is 0 Å². The van der Waals surface area contributed by atoms with Crippen molar-refractivity contribution < 1.29 is 12.9 Å². The van der Waals surface area contributed by atoms with E-state index in [0.29, 0.717) is 5.89 Å². The van der Waals surface area contributed by atoms with Crippen molar-refractivity contribution in [2.24, 2.45) is 0 Å². The summed E-state index contributed by atoms with van der Waals surface area (Å²) < 4.78 is 29.8. The van der Waals surface area contributed by atoms with Crippen LogP contribution < -0.4 is 0 Å². The molecule has 1 aromatic heterocycles. The van der Waals surface area contributed by atoms with Crippen LogP contribution in [0.5, 0.6) is 0 Å². The Morgan fingerprint density at radius 3 is 2.14 bits per heavy atom. The highest BCUT2D eigenvalue weighted by Crippen LogP contribution is 2.21. The minimum Gasteiger partial charge on any atom is -0.339 e. The summed E-state index contributed by atoms with van der Waals surface area (Å²) in [5.74, 6) is 0.437. The van der Waals surface area contributed by atoms with Crippen LogP contribution in [0.1, 0.15) is 49.2 Å². The summed E-state index contributed by atoms with van der Waals surface area (Å²) >= 11 is 0. The first-order chi connectivity index (χ1) is 10.0. The van der Waals surface area contributed by atoms with Crippen LogP contribution in [0.3, 0.4) is 0 Å². The fourth-order valence-corrected chi connectivity index (χ4v) is 3.56. The van der Waals surface area contributed by atoms with Gasteiger partial charge in [-0.15, -0.1) is 0 Å². The molecule has 6 heteroatoms. The van der Waals surface area contributed by atoms with Crippen LogP contribution in [0.4, 0.5) is 0 Å². The van der Waals surface area contributed by atoms with Gasteiger partial charge in [0.2, 0.25) is 5.89 Å². The van der Waals surface area contributed by atoms with Crippen LogP contribution in [0, 0.1) is 13.8 Å². The van der Waals surface area contributed by atoms with Crippen molar-refractivity contribution in [1.29, 1.82) is 0 Å². The largest absolute Gasteiger partial charge is 0.339 e. The SMILES string of the molecule is Cc1cc(C)cc(CS(=O)(=O)Cc2noc(C(C)(C)C)n2)c1. The molecule has 0 saturated heterocycles. The van der Waals surface area contributed by atoms with Gasteiger partial charge >= 0.3 is 0 Å². The molecule has 0 spiro atoms. The summed E-state index contributed by atoms with van der Waals surface area (Å²) in [6, 6.07) is 5.80. The summed E-state index contributed by atoms with van der Waals surface area (Å²) in [5.41, 5.74) is 2.61. The smallest absolute Gasteiger partial charge is 0.232 e. The summed E-state index contributed by atoms with van der Waals surface area (Å²) in [6.07, 6.45) is 0. The van der Waals surface area contributed by atoms with Crippen LogP contribution in [0.15, 0.2) is 22.7 Å². The van der Waals surface area contributed by atoms with Gasteiger partial charge in [0.15, 0.2) is 15.7 Å². The first kappa shape index (κ1) is 16.7. The zero-order chi connectivity index (χ0) is 16.5. The molecule has 0 amide bonds. The molecule has 2 aromatic rings. The number of hydrogen-bond donors (Lipinski definition) is 0. The highest BCUT2D eigenvalue weighted by atomic mass is 32.2. The Hall–Kier alpha value is -1.69. The van der Waals surface area contributed by atoms with Gasteiger partial charge < -0.3 is 4.52 Å². The zero-order valence-corrected chi connectivity index (χ0v) is 14.5. The molecule has 1 heterocycles. The Kier molecular flexibility index (Phi) is 4.42. The maximum Gasteiger partial charge on any atom is 0.232 e. The molecule has 0 aliphatic carbocycles. The second-order valence-corrected chi connectivity index (χ2v) is 8.86. The van der Waals surface area contributed by atoms with E-state index in [1.807, 2.05) is 52.8 Å². The summed E-state index contributed by atoms with van der Waals surface area (Å²) in [5, 5.41) is 3.78. The Bertz CT molecular complexity index is 751. The van der Waals surface area contributed by atoms with Crippen LogP contribution in [0.25, 0.3) is 0 Å². The minimum atomic E-state index is -3.34. The Morgan fingerprint density at radius 2 is 1.64 bits per heavy atom. The Balaban J connectivity index is 2.16. The minimum absolute atomic E-state index is 0.0189. The van der Waals surface area contributed by atoms with Crippen LogP contribution in [0.2, 0.25) is 0 Å². The van der Waals surface area contributed by atoms with Gasteiger partial charge in [-0.25, -0.2) is 8.42 Å². The summed E-state index contributed by atoms with van der Waals surface area (Å²) in [6.45, 7) is 9.73. The predicted molar refractivity (Wildman–Crippen MR) is 85.2 cm³/mol. The Labute approximate surface area is 131 Å². The molecule has 0 N–H and O–H groups in total. The number of sulfone groups is 1. The molecule has 0 atom stereocenters. The van der Waals surface area contributed by atoms with Gasteiger partial charge in [-0.05, 0) is 19.4 Å². The quantitative estimate of drug-likeness (QED) is 0.865. The molecule has 0 aliphatic heterocycles. The molecule has 120 valence electrons. The lowest BCUT2D eigenvalue weighted by Crippen LogP contribution is -2.12. The van der Waals surface area contributed by atoms with E-state index < -0.39 is 9.84 Å². The summed E-state index contributed by atoms with van der Waals surface area (Å²) in [7, 11) is -3.34. The van der Waals surface area contributed by atoms with E-state index in [0.717, 1.165) is 16.7 Å². The molecule has 22 heavy (non-hydrogen) atoms. The van der Waals surface area contributed by atoms with Crippen molar-refractivity contribution >= 4 is 9.84 Å². The van der Waals surface area contributed by atoms with Crippen molar-refractivity contribution in [1.82, 2.24) is 10.1 Å². The van der Waals surface area contributed by atoms with Gasteiger partial charge in [0.25, 0.3) is 0 Å². The molecule has 0 radical (unpaired) electrons. The van der Waals surface area contributed by atoms with Crippen LogP contribution in [-0.2, 0) is 26.8 Å². The normalized spacial score (nSPS) is 12.6. The molecule has 0 unspecified atom stereocenters. The second-order valence-electron chi connectivity index (χ2n) is 6.79. The number of benzene rings is 1. The van der Waals surface area contributed by atoms with Gasteiger partial charge in [-0.1, -0.05) is 55.3 Å². The van der Waals surface area contributed by atoms with Gasteiger partial charge in [-0.3, -0.25) is 0 Å². The first-order valence-corrected chi connectivity index (χ1v) is 8.98. The van der Waals surface area contributed by atoms with E-state index in [9.17, 15) is 8.42 Å². The molecular formula is C16H22N2O3S. The van der Waals surface area contributed by atoms with E-state index in [1.165, 1.54) is 0 Å². The van der Waals surface area contributed by atoms with E-state index in [2.05, 4.69) is 10.1 Å². The molecule has 0 fully saturated rings. The maximum atomic E-state index is 12.3. The fraction of sp³-hybridized carbons (Fsp3) is 0.500. The number of hydrogen-bond acceptors (Lipinski definition) is 5. The second kappa shape index (κ2) is 5.83. The van der Waals surface area contributed by atoms with Crippen molar-refractivity contribution in [2.75, 3.05) is 0 Å². The lowest BCUT2D eigenvalue weighted by molar-refractivity contribution is 0.319. The van der Waals surface area contributed by atoms with E-state index in [4.69, 9.17) is 4.52 Å². The molecule has 5 nitrogen and oxygen atoms in total. The molecule has 0 saturated carbocycles. The standard InChI is InChI=1S/C16H22N2O3S/c1-11-6-12(2)8-13(7-11)9-22(19,20)10-14-17-15(21-18-14)16(3,4)5/h6-8H,9-10H2,1-5H3. The zero-order valence-electron chi connectivity index (χ0n) is 13.7. The van der Waals surface area contributed by atoms with Gasteiger partial charge in [0, 0.05) is 5.41 Å². The highest BCUT2D eigenvalue weighted by Gasteiger charge is 2.24. The topological polar surface area (TPSA) is 73.1 Å². The Morgan fingerprint density at radius 1 is 1.05 bits per heavy atom. The van der Waals surface area contributed by atoms with Crippen molar-refractivity contribution in [3.05, 3.63) is 46.6 Å². The monoisotopic (exact) mass is 322 g/mol. The first-order valence-electron chi connectivity index (χ1n) is 7.16. The molecule has 0 aliphatic rings. The van der Waals surface area contributed by atoms with Gasteiger partial charge in [0.1, 0.15) is 5.75 Å². The molecule has 2 rings (SSSR count). The number of aromatic nitrogens is 2. The van der Waals surface area contributed by atoms with Crippen molar-refractivity contribution in [3.63, 3.8) is 0 Å². The number of nitrogens with zero attached hydrogens (tertiary/aromatic N) is 2. The summed E-state index contributed by atoms with van der Waals surface area (Å²) in [4.78, 5) is 4.19.